The molecule has 0 fully saturated rings. The monoisotopic (exact) mass is 242 g/mol. The minimum atomic E-state index is -0.327. The van der Waals surface area contributed by atoms with Crippen LogP contribution < -0.4 is 4.74 Å². The zero-order valence-corrected chi connectivity index (χ0v) is 9.91. The van der Waals surface area contributed by atoms with Gasteiger partial charge in [0.2, 0.25) is 0 Å². The average Bonchev–Trinajstić information content (AvgIpc) is 2.41. The molecule has 0 saturated carbocycles. The molecule has 0 aliphatic heterocycles. The van der Waals surface area contributed by atoms with E-state index in [1.165, 1.54) is 0 Å². The van der Waals surface area contributed by atoms with Crippen LogP contribution in [0.1, 0.15) is 5.56 Å². The van der Waals surface area contributed by atoms with Crippen LogP contribution in [0.5, 0.6) is 5.75 Å². The molecule has 0 saturated heterocycles. The molecule has 1 aromatic heterocycles. The third-order valence-corrected chi connectivity index (χ3v) is 2.43. The lowest BCUT2D eigenvalue weighted by atomic mass is 10.2. The van der Waals surface area contributed by atoms with Gasteiger partial charge in [0.25, 0.3) is 0 Å². The van der Waals surface area contributed by atoms with E-state index in [4.69, 9.17) is 9.84 Å². The third kappa shape index (κ3) is 2.93. The Morgan fingerprint density at radius 2 is 1.83 bits per heavy atom. The van der Waals surface area contributed by atoms with E-state index in [0.29, 0.717) is 11.6 Å². The van der Waals surface area contributed by atoms with Gasteiger partial charge in [0.1, 0.15) is 5.75 Å². The molecule has 4 heteroatoms. The van der Waals surface area contributed by atoms with Crippen LogP contribution in [0.2, 0.25) is 0 Å². The standard InChI is InChI=1S/C14H14N2O2/c1-2-3-11-8-15-14(16-9-11)12-4-6-13(7-5-12)18-10-17/h2,4-9,17H,1,3,10H2. The minimum absolute atomic E-state index is 0.327. The Bertz CT molecular complexity index is 506. The van der Waals surface area contributed by atoms with Crippen LogP contribution in [-0.4, -0.2) is 21.9 Å². The van der Waals surface area contributed by atoms with E-state index in [1.807, 2.05) is 18.2 Å². The van der Waals surface area contributed by atoms with Crippen molar-refractivity contribution in [1.29, 1.82) is 0 Å². The third-order valence-electron chi connectivity index (χ3n) is 2.43. The average molecular weight is 242 g/mol. The largest absolute Gasteiger partial charge is 0.468 e. The Morgan fingerprint density at radius 1 is 1.17 bits per heavy atom. The van der Waals surface area contributed by atoms with Crippen LogP contribution in [0, 0.1) is 0 Å². The maximum atomic E-state index is 8.63. The van der Waals surface area contributed by atoms with Crippen molar-refractivity contribution in [2.24, 2.45) is 0 Å². The van der Waals surface area contributed by atoms with Crippen molar-refractivity contribution >= 4 is 0 Å². The van der Waals surface area contributed by atoms with Crippen molar-refractivity contribution in [3.63, 3.8) is 0 Å². The molecule has 1 N–H and O–H groups in total. The summed E-state index contributed by atoms with van der Waals surface area (Å²) in [4.78, 5) is 8.59. The Labute approximate surface area is 106 Å². The fraction of sp³-hybridized carbons (Fsp3) is 0.143. The first-order valence-electron chi connectivity index (χ1n) is 5.59. The molecule has 2 aromatic rings. The topological polar surface area (TPSA) is 55.2 Å². The number of ether oxygens (including phenoxy) is 1. The van der Waals surface area contributed by atoms with Gasteiger partial charge in [-0.3, -0.25) is 0 Å². The summed E-state index contributed by atoms with van der Waals surface area (Å²) in [5, 5.41) is 8.63. The molecular weight excluding hydrogens is 228 g/mol. The SMILES string of the molecule is C=CCc1cnc(-c2ccc(OCO)cc2)nc1. The summed E-state index contributed by atoms with van der Waals surface area (Å²) < 4.78 is 4.95. The van der Waals surface area contributed by atoms with Gasteiger partial charge in [-0.2, -0.15) is 0 Å². The molecule has 4 nitrogen and oxygen atoms in total. The molecule has 0 amide bonds. The zero-order chi connectivity index (χ0) is 12.8. The first-order valence-corrected chi connectivity index (χ1v) is 5.59. The minimum Gasteiger partial charge on any atom is -0.468 e. The van der Waals surface area contributed by atoms with E-state index in [1.54, 1.807) is 24.5 Å². The predicted molar refractivity (Wildman–Crippen MR) is 69.1 cm³/mol. The van der Waals surface area contributed by atoms with Gasteiger partial charge in [-0.15, -0.1) is 6.58 Å². The molecule has 0 spiro atoms. The number of nitrogens with zero attached hydrogens (tertiary/aromatic N) is 2. The van der Waals surface area contributed by atoms with Crippen molar-refractivity contribution in [2.45, 2.75) is 6.42 Å². The number of benzene rings is 1. The molecule has 2 rings (SSSR count). The molecule has 0 aliphatic carbocycles. The molecule has 1 aromatic carbocycles. The highest BCUT2D eigenvalue weighted by molar-refractivity contribution is 5.55. The van der Waals surface area contributed by atoms with E-state index in [2.05, 4.69) is 16.5 Å². The maximum Gasteiger partial charge on any atom is 0.186 e. The van der Waals surface area contributed by atoms with Gasteiger partial charge >= 0.3 is 0 Å². The second kappa shape index (κ2) is 5.93. The van der Waals surface area contributed by atoms with E-state index >= 15 is 0 Å². The number of rotatable bonds is 5. The highest BCUT2D eigenvalue weighted by Gasteiger charge is 2.01. The fourth-order valence-corrected chi connectivity index (χ4v) is 1.55. The lowest BCUT2D eigenvalue weighted by Gasteiger charge is -2.04. The van der Waals surface area contributed by atoms with Gasteiger partial charge in [0.05, 0.1) is 0 Å². The number of hydrogen-bond donors (Lipinski definition) is 1. The van der Waals surface area contributed by atoms with Crippen molar-refractivity contribution in [3.8, 4) is 17.1 Å². The summed E-state index contributed by atoms with van der Waals surface area (Å²) in [6.07, 6.45) is 6.17. The first kappa shape index (κ1) is 12.3. The maximum absolute atomic E-state index is 8.63. The van der Waals surface area contributed by atoms with Crippen molar-refractivity contribution < 1.29 is 9.84 Å². The molecule has 1 heterocycles. The Kier molecular flexibility index (Phi) is 4.04. The number of allylic oxidation sites excluding steroid dienone is 1. The Morgan fingerprint density at radius 3 is 2.39 bits per heavy atom. The van der Waals surface area contributed by atoms with Gasteiger partial charge < -0.3 is 9.84 Å². The lowest BCUT2D eigenvalue weighted by Crippen LogP contribution is -1.95. The van der Waals surface area contributed by atoms with Gasteiger partial charge in [-0.25, -0.2) is 9.97 Å². The highest BCUT2D eigenvalue weighted by Crippen LogP contribution is 2.19. The van der Waals surface area contributed by atoms with E-state index in [0.717, 1.165) is 17.5 Å². The molecule has 0 atom stereocenters. The smallest absolute Gasteiger partial charge is 0.186 e. The predicted octanol–water partition coefficient (Wildman–Crippen LogP) is 2.20. The molecule has 0 unspecified atom stereocenters. The Balaban J connectivity index is 2.17. The number of hydrogen-bond acceptors (Lipinski definition) is 4. The van der Waals surface area contributed by atoms with E-state index in [9.17, 15) is 0 Å². The van der Waals surface area contributed by atoms with E-state index < -0.39 is 0 Å². The fourth-order valence-electron chi connectivity index (χ4n) is 1.55. The van der Waals surface area contributed by atoms with Gasteiger partial charge in [-0.05, 0) is 36.2 Å². The van der Waals surface area contributed by atoms with Crippen LogP contribution >= 0.6 is 0 Å². The van der Waals surface area contributed by atoms with Gasteiger partial charge in [0, 0.05) is 18.0 Å². The van der Waals surface area contributed by atoms with Crippen LogP contribution in [0.4, 0.5) is 0 Å². The second-order valence-electron chi connectivity index (χ2n) is 3.71. The zero-order valence-electron chi connectivity index (χ0n) is 9.91. The number of aliphatic hydroxyl groups is 1. The van der Waals surface area contributed by atoms with Gasteiger partial charge in [0.15, 0.2) is 12.6 Å². The second-order valence-corrected chi connectivity index (χ2v) is 3.71. The van der Waals surface area contributed by atoms with Crippen molar-refractivity contribution in [3.05, 3.63) is 54.9 Å². The molecule has 0 radical (unpaired) electrons. The summed E-state index contributed by atoms with van der Waals surface area (Å²) in [5.41, 5.74) is 1.94. The molecule has 18 heavy (non-hydrogen) atoms. The quantitative estimate of drug-likeness (QED) is 0.645. The van der Waals surface area contributed by atoms with Crippen molar-refractivity contribution in [1.82, 2.24) is 9.97 Å². The number of aliphatic hydroxyl groups excluding tert-OH is 1. The lowest BCUT2D eigenvalue weighted by molar-refractivity contribution is 0.0985. The van der Waals surface area contributed by atoms with Crippen LogP contribution in [-0.2, 0) is 6.42 Å². The van der Waals surface area contributed by atoms with Crippen LogP contribution in [0.15, 0.2) is 49.3 Å². The summed E-state index contributed by atoms with van der Waals surface area (Å²) in [6.45, 7) is 3.35. The summed E-state index contributed by atoms with van der Waals surface area (Å²) in [6, 6.07) is 7.25. The normalized spacial score (nSPS) is 10.1. The number of aromatic nitrogens is 2. The molecular formula is C14H14N2O2. The highest BCUT2D eigenvalue weighted by atomic mass is 16.6. The van der Waals surface area contributed by atoms with Crippen LogP contribution in [0.3, 0.4) is 0 Å². The first-order chi connectivity index (χ1) is 8.83. The van der Waals surface area contributed by atoms with Crippen LogP contribution in [0.25, 0.3) is 11.4 Å². The summed E-state index contributed by atoms with van der Waals surface area (Å²) in [7, 11) is 0. The van der Waals surface area contributed by atoms with Crippen molar-refractivity contribution in [2.75, 3.05) is 6.79 Å². The summed E-state index contributed by atoms with van der Waals surface area (Å²) >= 11 is 0. The summed E-state index contributed by atoms with van der Waals surface area (Å²) in [5.74, 6) is 1.28. The molecule has 92 valence electrons. The van der Waals surface area contributed by atoms with E-state index in [-0.39, 0.29) is 6.79 Å². The Hall–Kier alpha value is -2.20. The molecule has 0 aliphatic rings. The molecule has 0 bridgehead atoms. The van der Waals surface area contributed by atoms with Gasteiger partial charge in [-0.1, -0.05) is 6.08 Å².